The molecular formula is C34H33NO2. The minimum Gasteiger partial charge on any atom is -0.478 e. The van der Waals surface area contributed by atoms with Crippen molar-refractivity contribution in [1.29, 1.82) is 0 Å². The molecule has 0 radical (unpaired) electrons. The predicted molar refractivity (Wildman–Crippen MR) is 157 cm³/mol. The minimum atomic E-state index is -0.900. The van der Waals surface area contributed by atoms with E-state index in [2.05, 4.69) is 105 Å². The zero-order valence-electron chi connectivity index (χ0n) is 21.9. The number of carboxylic acids is 1. The Bertz CT molecular complexity index is 1380. The van der Waals surface area contributed by atoms with E-state index in [1.165, 1.54) is 22.3 Å². The summed E-state index contributed by atoms with van der Waals surface area (Å²) in [6, 6.07) is 31.8. The van der Waals surface area contributed by atoms with Crippen molar-refractivity contribution < 1.29 is 9.90 Å². The van der Waals surface area contributed by atoms with Gasteiger partial charge in [0.2, 0.25) is 0 Å². The fraction of sp³-hybridized carbons (Fsp3) is 0.147. The molecule has 0 aliphatic heterocycles. The molecule has 4 aromatic rings. The van der Waals surface area contributed by atoms with E-state index < -0.39 is 5.97 Å². The summed E-state index contributed by atoms with van der Waals surface area (Å²) in [5.74, 6) is -0.900. The van der Waals surface area contributed by atoms with Crippen LogP contribution in [0, 0.1) is 13.8 Å². The van der Waals surface area contributed by atoms with Crippen molar-refractivity contribution >= 4 is 41.3 Å². The maximum Gasteiger partial charge on any atom is 0.331 e. The van der Waals surface area contributed by atoms with Crippen LogP contribution in [0.15, 0.2) is 96.6 Å². The van der Waals surface area contributed by atoms with Crippen LogP contribution in [0.25, 0.3) is 18.2 Å². The average Bonchev–Trinajstić information content (AvgIpc) is 2.90. The molecular weight excluding hydrogens is 454 g/mol. The van der Waals surface area contributed by atoms with Crippen molar-refractivity contribution in [3.8, 4) is 0 Å². The zero-order chi connectivity index (χ0) is 26.4. The van der Waals surface area contributed by atoms with Gasteiger partial charge in [-0.3, -0.25) is 0 Å². The SMILES string of the molecule is CCc1cc(N(c2ccc(C)cc2)c2ccc(C)cc2)ccc1C=Cc1ccc(C=C(C)C(=O)O)cc1. The van der Waals surface area contributed by atoms with E-state index in [1.807, 2.05) is 24.3 Å². The van der Waals surface area contributed by atoms with Crippen LogP contribution in [0.2, 0.25) is 0 Å². The largest absolute Gasteiger partial charge is 0.478 e. The van der Waals surface area contributed by atoms with Gasteiger partial charge in [0.15, 0.2) is 0 Å². The predicted octanol–water partition coefficient (Wildman–Crippen LogP) is 8.99. The number of hydrogen-bond donors (Lipinski definition) is 1. The van der Waals surface area contributed by atoms with E-state index in [1.54, 1.807) is 13.0 Å². The van der Waals surface area contributed by atoms with Crippen molar-refractivity contribution in [1.82, 2.24) is 0 Å². The highest BCUT2D eigenvalue weighted by Gasteiger charge is 2.13. The number of carbonyl (C=O) groups is 1. The first-order valence-electron chi connectivity index (χ1n) is 12.6. The van der Waals surface area contributed by atoms with E-state index in [4.69, 9.17) is 5.11 Å². The molecule has 0 spiro atoms. The molecule has 4 rings (SSSR count). The smallest absolute Gasteiger partial charge is 0.331 e. The van der Waals surface area contributed by atoms with Gasteiger partial charge in [-0.25, -0.2) is 4.79 Å². The number of carboxylic acid groups (broad SMARTS) is 1. The molecule has 3 nitrogen and oxygen atoms in total. The van der Waals surface area contributed by atoms with Crippen molar-refractivity contribution in [3.05, 3.63) is 130 Å². The Balaban J connectivity index is 1.64. The van der Waals surface area contributed by atoms with Gasteiger partial charge in [0.1, 0.15) is 0 Å². The Morgan fingerprint density at radius 2 is 1.24 bits per heavy atom. The highest BCUT2D eigenvalue weighted by Crippen LogP contribution is 2.36. The molecule has 0 aliphatic rings. The first kappa shape index (κ1) is 25.7. The number of hydrogen-bond acceptors (Lipinski definition) is 2. The molecule has 0 fully saturated rings. The van der Waals surface area contributed by atoms with E-state index >= 15 is 0 Å². The number of nitrogens with zero attached hydrogens (tertiary/aromatic N) is 1. The lowest BCUT2D eigenvalue weighted by molar-refractivity contribution is -0.132. The fourth-order valence-electron chi connectivity index (χ4n) is 4.24. The molecule has 4 aromatic carbocycles. The van der Waals surface area contributed by atoms with Gasteiger partial charge in [-0.1, -0.05) is 84.8 Å². The number of aryl methyl sites for hydroxylation is 3. The summed E-state index contributed by atoms with van der Waals surface area (Å²) in [7, 11) is 0. The van der Waals surface area contributed by atoms with Crippen LogP contribution in [0.3, 0.4) is 0 Å². The number of anilines is 3. The molecule has 3 heteroatoms. The number of aliphatic carboxylic acids is 1. The summed E-state index contributed by atoms with van der Waals surface area (Å²) in [4.78, 5) is 13.4. The lowest BCUT2D eigenvalue weighted by Crippen LogP contribution is -2.10. The maximum absolute atomic E-state index is 11.1. The van der Waals surface area contributed by atoms with E-state index in [0.717, 1.165) is 34.6 Å². The molecule has 186 valence electrons. The van der Waals surface area contributed by atoms with E-state index in [-0.39, 0.29) is 0 Å². The summed E-state index contributed by atoms with van der Waals surface area (Å²) < 4.78 is 0. The van der Waals surface area contributed by atoms with Gasteiger partial charge in [0.05, 0.1) is 0 Å². The second-order valence-corrected chi connectivity index (χ2v) is 9.38. The molecule has 0 amide bonds. The molecule has 0 bridgehead atoms. The molecule has 0 heterocycles. The van der Waals surface area contributed by atoms with Crippen LogP contribution >= 0.6 is 0 Å². The standard InChI is InChI=1S/C34H33NO2/c1-5-29-23-33(35(31-17-6-24(2)7-18-31)32-19-8-25(3)9-20-32)21-16-30(29)15-14-27-10-12-28(13-11-27)22-26(4)34(36)37/h6-23H,5H2,1-4H3,(H,36,37). The normalized spacial score (nSPS) is 11.6. The third-order valence-electron chi connectivity index (χ3n) is 6.46. The Hall–Kier alpha value is -4.37. The average molecular weight is 488 g/mol. The third kappa shape index (κ3) is 6.45. The second kappa shape index (κ2) is 11.6. The van der Waals surface area contributed by atoms with Crippen LogP contribution in [0.5, 0.6) is 0 Å². The van der Waals surface area contributed by atoms with E-state index in [9.17, 15) is 4.79 Å². The van der Waals surface area contributed by atoms with E-state index in [0.29, 0.717) is 5.57 Å². The van der Waals surface area contributed by atoms with Gasteiger partial charge in [0, 0.05) is 22.6 Å². The van der Waals surface area contributed by atoms with Crippen molar-refractivity contribution in [2.45, 2.75) is 34.1 Å². The fourth-order valence-corrected chi connectivity index (χ4v) is 4.24. The monoisotopic (exact) mass is 487 g/mol. The lowest BCUT2D eigenvalue weighted by atomic mass is 10.0. The molecule has 0 saturated carbocycles. The molecule has 0 aliphatic carbocycles. The Morgan fingerprint density at radius 1 is 0.730 bits per heavy atom. The number of benzene rings is 4. The van der Waals surface area contributed by atoms with Crippen LogP contribution in [-0.4, -0.2) is 11.1 Å². The second-order valence-electron chi connectivity index (χ2n) is 9.38. The third-order valence-corrected chi connectivity index (χ3v) is 6.46. The summed E-state index contributed by atoms with van der Waals surface area (Å²) >= 11 is 0. The van der Waals surface area contributed by atoms with Gasteiger partial charge >= 0.3 is 5.97 Å². The summed E-state index contributed by atoms with van der Waals surface area (Å²) in [6.45, 7) is 8.00. The minimum absolute atomic E-state index is 0.321. The van der Waals surface area contributed by atoms with Crippen molar-refractivity contribution in [2.75, 3.05) is 4.90 Å². The molecule has 1 N–H and O–H groups in total. The molecule has 0 saturated heterocycles. The van der Waals surface area contributed by atoms with Crippen LogP contribution in [0.4, 0.5) is 17.1 Å². The maximum atomic E-state index is 11.1. The van der Waals surface area contributed by atoms with Gasteiger partial charge in [-0.15, -0.1) is 0 Å². The molecule has 37 heavy (non-hydrogen) atoms. The van der Waals surface area contributed by atoms with Crippen molar-refractivity contribution in [2.24, 2.45) is 0 Å². The summed E-state index contributed by atoms with van der Waals surface area (Å²) in [5, 5.41) is 9.08. The quantitative estimate of drug-likeness (QED) is 0.199. The lowest BCUT2D eigenvalue weighted by Gasteiger charge is -2.26. The van der Waals surface area contributed by atoms with Gasteiger partial charge in [-0.05, 0) is 91.9 Å². The topological polar surface area (TPSA) is 40.5 Å². The van der Waals surface area contributed by atoms with Crippen molar-refractivity contribution in [3.63, 3.8) is 0 Å². The molecule has 0 aromatic heterocycles. The Morgan fingerprint density at radius 3 is 1.76 bits per heavy atom. The summed E-state index contributed by atoms with van der Waals surface area (Å²) in [5.41, 5.74) is 10.6. The first-order chi connectivity index (χ1) is 17.8. The van der Waals surface area contributed by atoms with Crippen LogP contribution in [-0.2, 0) is 11.2 Å². The van der Waals surface area contributed by atoms with Crippen LogP contribution in [0.1, 0.15) is 47.2 Å². The van der Waals surface area contributed by atoms with Crippen LogP contribution < -0.4 is 4.90 Å². The van der Waals surface area contributed by atoms with Gasteiger partial charge in [0.25, 0.3) is 0 Å². The zero-order valence-corrected chi connectivity index (χ0v) is 21.9. The summed E-state index contributed by atoms with van der Waals surface area (Å²) in [6.07, 6.45) is 6.85. The highest BCUT2D eigenvalue weighted by atomic mass is 16.4. The number of rotatable bonds is 8. The first-order valence-corrected chi connectivity index (χ1v) is 12.6. The molecule has 0 atom stereocenters. The Labute approximate surface area is 220 Å². The van der Waals surface area contributed by atoms with Gasteiger partial charge in [-0.2, -0.15) is 0 Å². The van der Waals surface area contributed by atoms with Gasteiger partial charge < -0.3 is 10.0 Å². The highest BCUT2D eigenvalue weighted by molar-refractivity contribution is 5.91. The molecule has 0 unspecified atom stereocenters. The Kier molecular flexibility index (Phi) is 8.05.